The second kappa shape index (κ2) is 9.09. The number of nitrogens with zero attached hydrogens (tertiary/aromatic N) is 1. The molecule has 1 saturated heterocycles. The van der Waals surface area contributed by atoms with Crippen LogP contribution in [-0.2, 0) is 25.3 Å². The maximum Gasteiger partial charge on any atom is 0.410 e. The number of benzene rings is 1. The first-order valence-electron chi connectivity index (χ1n) is 9.77. The molecule has 6 nitrogen and oxygen atoms in total. The summed E-state index contributed by atoms with van der Waals surface area (Å²) in [6.07, 6.45) is 0.188. The number of carbonyl (C=O) groups is 2. The molecular weight excluding hydrogens is 374 g/mol. The lowest BCUT2D eigenvalue weighted by Gasteiger charge is -2.40. The molecule has 0 N–H and O–H groups in total. The molecule has 0 unspecified atom stereocenters. The molecule has 0 bridgehead atoms. The second-order valence-corrected chi connectivity index (χ2v) is 13.5. The van der Waals surface area contributed by atoms with Crippen molar-refractivity contribution in [3.05, 3.63) is 35.9 Å². The summed E-state index contributed by atoms with van der Waals surface area (Å²) in [5, 5.41) is 0.0457. The van der Waals surface area contributed by atoms with Crippen LogP contribution in [0.15, 0.2) is 30.3 Å². The van der Waals surface area contributed by atoms with Crippen LogP contribution in [0.2, 0.25) is 18.1 Å². The minimum atomic E-state index is -2.04. The maximum absolute atomic E-state index is 12.7. The fourth-order valence-electron chi connectivity index (χ4n) is 3.04. The van der Waals surface area contributed by atoms with Gasteiger partial charge in [0.05, 0.1) is 25.7 Å². The molecule has 1 aromatic carbocycles. The molecule has 2 atom stereocenters. The summed E-state index contributed by atoms with van der Waals surface area (Å²) in [4.78, 5) is 26.3. The highest BCUT2D eigenvalue weighted by Gasteiger charge is 2.46. The maximum atomic E-state index is 12.7. The Bertz CT molecular complexity index is 671. The number of ether oxygens (including phenoxy) is 2. The van der Waals surface area contributed by atoms with Gasteiger partial charge >= 0.3 is 12.1 Å². The van der Waals surface area contributed by atoms with Gasteiger partial charge < -0.3 is 18.8 Å². The highest BCUT2D eigenvalue weighted by atomic mass is 28.4. The van der Waals surface area contributed by atoms with Crippen molar-refractivity contribution in [3.8, 4) is 0 Å². The van der Waals surface area contributed by atoms with Gasteiger partial charge in [0.25, 0.3) is 0 Å². The summed E-state index contributed by atoms with van der Waals surface area (Å²) in [6.45, 7) is 11.6. The predicted octanol–water partition coefficient (Wildman–Crippen LogP) is 4.35. The Morgan fingerprint density at radius 3 is 2.39 bits per heavy atom. The zero-order valence-electron chi connectivity index (χ0n) is 17.9. The zero-order chi connectivity index (χ0) is 20.9. The van der Waals surface area contributed by atoms with E-state index in [0.717, 1.165) is 5.56 Å². The summed E-state index contributed by atoms with van der Waals surface area (Å²) in [7, 11) is -0.679. The molecule has 1 amide bonds. The van der Waals surface area contributed by atoms with Gasteiger partial charge in [-0.15, -0.1) is 0 Å². The number of rotatable bonds is 6. The van der Waals surface area contributed by atoms with Crippen LogP contribution in [0.4, 0.5) is 4.79 Å². The summed E-state index contributed by atoms with van der Waals surface area (Å²) >= 11 is 0. The minimum Gasteiger partial charge on any atom is -0.469 e. The Morgan fingerprint density at radius 1 is 1.18 bits per heavy atom. The van der Waals surface area contributed by atoms with Crippen LogP contribution in [0.1, 0.15) is 39.2 Å². The van der Waals surface area contributed by atoms with Gasteiger partial charge in [0, 0.05) is 6.54 Å². The average Bonchev–Trinajstić information content (AvgIpc) is 3.01. The molecule has 1 heterocycles. The third kappa shape index (κ3) is 5.58. The van der Waals surface area contributed by atoms with E-state index in [1.165, 1.54) is 7.11 Å². The first-order valence-corrected chi connectivity index (χ1v) is 12.7. The normalized spacial score (nSPS) is 20.1. The highest BCUT2D eigenvalue weighted by Crippen LogP contribution is 2.39. The van der Waals surface area contributed by atoms with Crippen LogP contribution >= 0.6 is 0 Å². The van der Waals surface area contributed by atoms with E-state index >= 15 is 0 Å². The quantitative estimate of drug-likeness (QED) is 0.518. The van der Waals surface area contributed by atoms with E-state index < -0.39 is 14.4 Å². The Labute approximate surface area is 169 Å². The van der Waals surface area contributed by atoms with Gasteiger partial charge in [0.1, 0.15) is 6.61 Å². The summed E-state index contributed by atoms with van der Waals surface area (Å²) in [6, 6.07) is 9.18. The molecule has 0 aliphatic carbocycles. The standard InChI is InChI=1S/C21H33NO5Si/c1-21(2,3)28(5,6)27-18-12-13-22(17(18)14-19(23)25-4)20(24)26-15-16-10-8-7-9-11-16/h7-11,17-18H,12-15H2,1-6H3/t17-,18+/m1/s1. The molecule has 1 fully saturated rings. The van der Waals surface area contributed by atoms with Crippen molar-refractivity contribution >= 4 is 20.4 Å². The fourth-order valence-corrected chi connectivity index (χ4v) is 4.43. The van der Waals surface area contributed by atoms with Crippen LogP contribution in [0.3, 0.4) is 0 Å². The third-order valence-electron chi connectivity index (χ3n) is 5.78. The molecule has 0 radical (unpaired) electrons. The number of esters is 1. The Morgan fingerprint density at radius 2 is 1.82 bits per heavy atom. The van der Waals surface area contributed by atoms with Gasteiger partial charge in [-0.25, -0.2) is 4.79 Å². The highest BCUT2D eigenvalue weighted by molar-refractivity contribution is 6.74. The number of carbonyl (C=O) groups excluding carboxylic acids is 2. The Hall–Kier alpha value is -1.86. The van der Waals surface area contributed by atoms with E-state index in [2.05, 4.69) is 33.9 Å². The second-order valence-electron chi connectivity index (χ2n) is 8.79. The zero-order valence-corrected chi connectivity index (χ0v) is 18.9. The SMILES string of the molecule is COC(=O)C[C@@H]1[C@@H](O[Si](C)(C)C(C)(C)C)CCN1C(=O)OCc1ccccc1. The largest absolute Gasteiger partial charge is 0.469 e. The minimum absolute atomic E-state index is 0.0457. The Balaban J connectivity index is 2.10. The van der Waals surface area contributed by atoms with E-state index in [1.807, 2.05) is 30.3 Å². The van der Waals surface area contributed by atoms with Gasteiger partial charge in [-0.3, -0.25) is 4.79 Å². The van der Waals surface area contributed by atoms with E-state index in [1.54, 1.807) is 4.90 Å². The fraction of sp³-hybridized carbons (Fsp3) is 0.619. The van der Waals surface area contributed by atoms with Crippen molar-refractivity contribution in [2.45, 2.75) is 70.5 Å². The van der Waals surface area contributed by atoms with E-state index in [4.69, 9.17) is 13.9 Å². The van der Waals surface area contributed by atoms with Gasteiger partial charge in [0.2, 0.25) is 0 Å². The van der Waals surface area contributed by atoms with Crippen molar-refractivity contribution in [3.63, 3.8) is 0 Å². The molecule has 2 rings (SSSR count). The van der Waals surface area contributed by atoms with Crippen molar-refractivity contribution in [2.24, 2.45) is 0 Å². The monoisotopic (exact) mass is 407 g/mol. The van der Waals surface area contributed by atoms with E-state index in [9.17, 15) is 9.59 Å². The Kier molecular flexibility index (Phi) is 7.28. The van der Waals surface area contributed by atoms with Crippen LogP contribution in [0.5, 0.6) is 0 Å². The molecule has 1 aliphatic heterocycles. The summed E-state index contributed by atoms with van der Waals surface area (Å²) in [5.74, 6) is -0.350. The molecule has 1 aromatic rings. The van der Waals surface area contributed by atoms with Crippen molar-refractivity contribution < 1.29 is 23.5 Å². The summed E-state index contributed by atoms with van der Waals surface area (Å²) in [5.41, 5.74) is 0.925. The lowest BCUT2D eigenvalue weighted by molar-refractivity contribution is -0.142. The molecular formula is C21H33NO5Si. The number of hydrogen-bond donors (Lipinski definition) is 0. The molecule has 156 valence electrons. The number of hydrogen-bond acceptors (Lipinski definition) is 5. The first-order chi connectivity index (χ1) is 13.0. The van der Waals surface area contributed by atoms with Crippen LogP contribution in [0.25, 0.3) is 0 Å². The van der Waals surface area contributed by atoms with Gasteiger partial charge in [0.15, 0.2) is 8.32 Å². The number of likely N-dealkylation sites (tertiary alicyclic amines) is 1. The topological polar surface area (TPSA) is 65.1 Å². The molecule has 0 aromatic heterocycles. The van der Waals surface area contributed by atoms with Crippen LogP contribution in [-0.4, -0.2) is 51.1 Å². The lowest BCUT2D eigenvalue weighted by atomic mass is 10.1. The average molecular weight is 408 g/mol. The predicted molar refractivity (Wildman–Crippen MR) is 110 cm³/mol. The smallest absolute Gasteiger partial charge is 0.410 e. The number of amides is 1. The molecule has 0 saturated carbocycles. The van der Waals surface area contributed by atoms with Gasteiger partial charge in [-0.2, -0.15) is 0 Å². The molecule has 1 aliphatic rings. The van der Waals surface area contributed by atoms with Crippen LogP contribution in [0, 0.1) is 0 Å². The van der Waals surface area contributed by atoms with Crippen molar-refractivity contribution in [2.75, 3.05) is 13.7 Å². The first kappa shape index (κ1) is 22.4. The van der Waals surface area contributed by atoms with Crippen LogP contribution < -0.4 is 0 Å². The van der Waals surface area contributed by atoms with Crippen molar-refractivity contribution in [1.82, 2.24) is 4.90 Å². The van der Waals surface area contributed by atoms with Gasteiger partial charge in [-0.1, -0.05) is 51.1 Å². The van der Waals surface area contributed by atoms with Gasteiger partial charge in [-0.05, 0) is 30.1 Å². The van der Waals surface area contributed by atoms with E-state index in [0.29, 0.717) is 13.0 Å². The molecule has 28 heavy (non-hydrogen) atoms. The van der Waals surface area contributed by atoms with E-state index in [-0.39, 0.29) is 36.2 Å². The number of methoxy groups -OCH3 is 1. The molecule has 7 heteroatoms. The third-order valence-corrected chi connectivity index (χ3v) is 10.3. The lowest BCUT2D eigenvalue weighted by Crippen LogP contribution is -2.49. The van der Waals surface area contributed by atoms with Crippen molar-refractivity contribution in [1.29, 1.82) is 0 Å². The molecule has 0 spiro atoms. The summed E-state index contributed by atoms with van der Waals surface area (Å²) < 4.78 is 16.9.